The highest BCUT2D eigenvalue weighted by molar-refractivity contribution is 7.91. The van der Waals surface area contributed by atoms with E-state index in [-0.39, 0.29) is 11.8 Å². The summed E-state index contributed by atoms with van der Waals surface area (Å²) in [7, 11) is -3.04. The predicted octanol–water partition coefficient (Wildman–Crippen LogP) is 1.07. The summed E-state index contributed by atoms with van der Waals surface area (Å²) in [6.07, 6.45) is 1.59. The van der Waals surface area contributed by atoms with Crippen LogP contribution in [0.15, 0.2) is 23.1 Å². The van der Waals surface area contributed by atoms with Gasteiger partial charge in [0.25, 0.3) is 0 Å². The van der Waals surface area contributed by atoms with E-state index >= 15 is 0 Å². The molecule has 98 valence electrons. The molecule has 0 saturated carbocycles. The van der Waals surface area contributed by atoms with Crippen molar-refractivity contribution >= 4 is 9.84 Å². The van der Waals surface area contributed by atoms with E-state index in [0.29, 0.717) is 11.5 Å². The highest BCUT2D eigenvalue weighted by Gasteiger charge is 2.25. The van der Waals surface area contributed by atoms with Crippen molar-refractivity contribution in [3.8, 4) is 0 Å². The maximum absolute atomic E-state index is 11.9. The van der Waals surface area contributed by atoms with Gasteiger partial charge in [0.05, 0.1) is 29.9 Å². The molecule has 1 N–H and O–H groups in total. The molecule has 2 aliphatic rings. The Morgan fingerprint density at radius 1 is 1.33 bits per heavy atom. The Hall–Kier alpha value is -0.910. The zero-order valence-corrected chi connectivity index (χ0v) is 11.0. The van der Waals surface area contributed by atoms with E-state index in [1.165, 1.54) is 0 Å². The Kier molecular flexibility index (Phi) is 3.13. The summed E-state index contributed by atoms with van der Waals surface area (Å²) in [4.78, 5) is 0.522. The third-order valence-corrected chi connectivity index (χ3v) is 5.50. The zero-order chi connectivity index (χ0) is 12.6. The van der Waals surface area contributed by atoms with Gasteiger partial charge in [-0.15, -0.1) is 0 Å². The molecule has 1 fully saturated rings. The monoisotopic (exact) mass is 267 g/mol. The number of hydrogen-bond acceptors (Lipinski definition) is 4. The second-order valence-electron chi connectivity index (χ2n) is 4.87. The summed E-state index contributed by atoms with van der Waals surface area (Å²) < 4.78 is 29.3. The van der Waals surface area contributed by atoms with E-state index in [0.717, 1.165) is 37.1 Å². The van der Waals surface area contributed by atoms with Gasteiger partial charge in [0.15, 0.2) is 9.84 Å². The van der Waals surface area contributed by atoms with Crippen molar-refractivity contribution in [3.63, 3.8) is 0 Å². The molecule has 0 bridgehead atoms. The molecule has 0 spiro atoms. The molecular formula is C13H17NO3S. The molecule has 0 radical (unpaired) electrons. The van der Waals surface area contributed by atoms with Gasteiger partial charge in [0.1, 0.15) is 0 Å². The molecule has 0 aromatic heterocycles. The van der Waals surface area contributed by atoms with Gasteiger partial charge >= 0.3 is 0 Å². The van der Waals surface area contributed by atoms with Crippen LogP contribution in [0.4, 0.5) is 0 Å². The maximum Gasteiger partial charge on any atom is 0.178 e. The van der Waals surface area contributed by atoms with Gasteiger partial charge in [-0.2, -0.15) is 0 Å². The molecule has 1 unspecified atom stereocenters. The van der Waals surface area contributed by atoms with Crippen LogP contribution in [0.2, 0.25) is 0 Å². The molecular weight excluding hydrogens is 250 g/mol. The molecule has 0 aliphatic carbocycles. The highest BCUT2D eigenvalue weighted by Crippen LogP contribution is 2.28. The van der Waals surface area contributed by atoms with Crippen LogP contribution >= 0.6 is 0 Å². The van der Waals surface area contributed by atoms with E-state index in [1.54, 1.807) is 6.07 Å². The van der Waals surface area contributed by atoms with Gasteiger partial charge in [0.2, 0.25) is 0 Å². The Bertz CT molecular complexity index is 547. The molecule has 1 aromatic carbocycles. The second kappa shape index (κ2) is 4.64. The number of hydrogen-bond donors (Lipinski definition) is 1. The Morgan fingerprint density at radius 3 is 3.00 bits per heavy atom. The standard InChI is InChI=1S/C13H17NO3S/c15-18(16)7-1-2-11-8-10(3-4-13(11)18)12-9-17-6-5-14-12/h3-4,8,12,14H,1-2,5-7,9H2. The number of morpholine rings is 1. The van der Waals surface area contributed by atoms with Gasteiger partial charge in [-0.05, 0) is 30.0 Å². The van der Waals surface area contributed by atoms with Crippen molar-refractivity contribution in [2.24, 2.45) is 0 Å². The van der Waals surface area contributed by atoms with Gasteiger partial charge in [-0.1, -0.05) is 12.1 Å². The van der Waals surface area contributed by atoms with Gasteiger partial charge in [-0.3, -0.25) is 0 Å². The number of sulfone groups is 1. The summed E-state index contributed by atoms with van der Waals surface area (Å²) in [5.41, 5.74) is 2.09. The summed E-state index contributed by atoms with van der Waals surface area (Å²) in [6.45, 7) is 2.25. The third kappa shape index (κ3) is 2.18. The van der Waals surface area contributed by atoms with E-state index in [2.05, 4.69) is 5.32 Å². The normalized spacial score (nSPS) is 26.6. The first-order valence-electron chi connectivity index (χ1n) is 6.33. The third-order valence-electron chi connectivity index (χ3n) is 3.60. The van der Waals surface area contributed by atoms with Crippen molar-refractivity contribution in [1.82, 2.24) is 5.32 Å². The van der Waals surface area contributed by atoms with E-state index < -0.39 is 9.84 Å². The lowest BCUT2D eigenvalue weighted by atomic mass is 10.0. The Balaban J connectivity index is 1.95. The van der Waals surface area contributed by atoms with Crippen molar-refractivity contribution in [1.29, 1.82) is 0 Å². The number of rotatable bonds is 1. The lowest BCUT2D eigenvalue weighted by molar-refractivity contribution is 0.0768. The summed E-state index contributed by atoms with van der Waals surface area (Å²) in [5.74, 6) is 0.282. The first-order chi connectivity index (χ1) is 8.67. The average molecular weight is 267 g/mol. The van der Waals surface area contributed by atoms with Crippen LogP contribution in [-0.4, -0.2) is 33.9 Å². The largest absolute Gasteiger partial charge is 0.378 e. The molecule has 1 saturated heterocycles. The van der Waals surface area contributed by atoms with Gasteiger partial charge < -0.3 is 10.1 Å². The molecule has 2 aliphatic heterocycles. The molecule has 5 heteroatoms. The van der Waals surface area contributed by atoms with Crippen molar-refractivity contribution in [3.05, 3.63) is 29.3 Å². The second-order valence-corrected chi connectivity index (χ2v) is 6.95. The Morgan fingerprint density at radius 2 is 2.22 bits per heavy atom. The predicted molar refractivity (Wildman–Crippen MR) is 68.4 cm³/mol. The summed E-state index contributed by atoms with van der Waals surface area (Å²) in [6, 6.07) is 5.88. The number of benzene rings is 1. The van der Waals surface area contributed by atoms with Gasteiger partial charge in [0, 0.05) is 6.54 Å². The fourth-order valence-electron chi connectivity index (χ4n) is 2.66. The summed E-state index contributed by atoms with van der Waals surface area (Å²) >= 11 is 0. The molecule has 0 amide bonds. The fraction of sp³-hybridized carbons (Fsp3) is 0.538. The van der Waals surface area contributed by atoms with Crippen LogP contribution in [0.1, 0.15) is 23.6 Å². The van der Waals surface area contributed by atoms with Crippen LogP contribution in [-0.2, 0) is 21.0 Å². The lowest BCUT2D eigenvalue weighted by Gasteiger charge is -2.25. The van der Waals surface area contributed by atoms with E-state index in [4.69, 9.17) is 4.74 Å². The Labute approximate surface area is 107 Å². The maximum atomic E-state index is 11.9. The van der Waals surface area contributed by atoms with Crippen LogP contribution in [0.5, 0.6) is 0 Å². The minimum absolute atomic E-state index is 0.189. The number of ether oxygens (including phenoxy) is 1. The lowest BCUT2D eigenvalue weighted by Crippen LogP contribution is -2.34. The summed E-state index contributed by atoms with van der Waals surface area (Å²) in [5, 5.41) is 3.39. The SMILES string of the molecule is O=S1(=O)CCCc2cc(C3COCCN3)ccc21. The van der Waals surface area contributed by atoms with Gasteiger partial charge in [-0.25, -0.2) is 8.42 Å². The van der Waals surface area contributed by atoms with Crippen LogP contribution < -0.4 is 5.32 Å². The first-order valence-corrected chi connectivity index (χ1v) is 7.99. The van der Waals surface area contributed by atoms with Crippen molar-refractivity contribution in [2.75, 3.05) is 25.5 Å². The van der Waals surface area contributed by atoms with E-state index in [9.17, 15) is 8.42 Å². The number of aryl methyl sites for hydroxylation is 1. The molecule has 3 rings (SSSR count). The molecule has 1 aromatic rings. The molecule has 2 heterocycles. The molecule has 18 heavy (non-hydrogen) atoms. The molecule has 1 atom stereocenters. The smallest absolute Gasteiger partial charge is 0.178 e. The topological polar surface area (TPSA) is 55.4 Å². The van der Waals surface area contributed by atoms with Crippen molar-refractivity contribution in [2.45, 2.75) is 23.8 Å². The molecule has 4 nitrogen and oxygen atoms in total. The number of nitrogens with one attached hydrogen (secondary N) is 1. The highest BCUT2D eigenvalue weighted by atomic mass is 32.2. The van der Waals surface area contributed by atoms with Crippen LogP contribution in [0.25, 0.3) is 0 Å². The minimum Gasteiger partial charge on any atom is -0.378 e. The van der Waals surface area contributed by atoms with Crippen LogP contribution in [0, 0.1) is 0 Å². The average Bonchev–Trinajstić information content (AvgIpc) is 2.39. The number of fused-ring (bicyclic) bond motifs is 1. The van der Waals surface area contributed by atoms with Crippen molar-refractivity contribution < 1.29 is 13.2 Å². The quantitative estimate of drug-likeness (QED) is 0.827. The van der Waals surface area contributed by atoms with E-state index in [1.807, 2.05) is 12.1 Å². The fourth-order valence-corrected chi connectivity index (χ4v) is 4.24. The minimum atomic E-state index is -3.04. The first kappa shape index (κ1) is 12.1. The van der Waals surface area contributed by atoms with Crippen LogP contribution in [0.3, 0.4) is 0 Å². The zero-order valence-electron chi connectivity index (χ0n) is 10.2.